The molecule has 0 spiro atoms. The van der Waals surface area contributed by atoms with Gasteiger partial charge in [-0.25, -0.2) is 4.57 Å². The van der Waals surface area contributed by atoms with Gasteiger partial charge in [-0.2, -0.15) is 0 Å². The van der Waals surface area contributed by atoms with Crippen molar-refractivity contribution in [3.8, 4) is 0 Å². The van der Waals surface area contributed by atoms with Crippen LogP contribution in [-0.4, -0.2) is 49.3 Å². The van der Waals surface area contributed by atoms with Crippen LogP contribution < -0.4 is 5.73 Å². The number of esters is 2. The van der Waals surface area contributed by atoms with Gasteiger partial charge in [0.15, 0.2) is 6.10 Å². The maximum atomic E-state index is 12.6. The predicted molar refractivity (Wildman–Crippen MR) is 275 cm³/mol. The maximum Gasteiger partial charge on any atom is 0.472 e. The SMILES string of the molecule is CC/C=C\C/C=C\C/C=C\C/C=C\CCCCC(=O)OC(COC(=O)CCCCCCCCCCCCCCCCCCCCCCCCCCCCCCC)COP(=O)(O)OCCN. The Morgan fingerprint density at radius 2 is 0.846 bits per heavy atom. The molecule has 0 aliphatic heterocycles. The lowest BCUT2D eigenvalue weighted by atomic mass is 10.0. The third-order valence-corrected chi connectivity index (χ3v) is 12.7. The number of hydrogen-bond donors (Lipinski definition) is 2. The molecule has 0 aromatic rings. The second-order valence-corrected chi connectivity index (χ2v) is 19.5. The molecule has 0 fully saturated rings. The minimum absolute atomic E-state index is 0.0462. The van der Waals surface area contributed by atoms with Crippen LogP contribution in [0.15, 0.2) is 48.6 Å². The lowest BCUT2D eigenvalue weighted by Crippen LogP contribution is -2.29. The third kappa shape index (κ3) is 51.2. The van der Waals surface area contributed by atoms with E-state index in [9.17, 15) is 19.0 Å². The van der Waals surface area contributed by atoms with E-state index in [4.69, 9.17) is 24.3 Å². The Hall–Kier alpha value is -2.03. The smallest absolute Gasteiger partial charge is 0.462 e. The van der Waals surface area contributed by atoms with Crippen molar-refractivity contribution in [1.29, 1.82) is 0 Å². The van der Waals surface area contributed by atoms with E-state index in [1.54, 1.807) is 0 Å². The van der Waals surface area contributed by atoms with Crippen molar-refractivity contribution >= 4 is 19.8 Å². The number of rotatable bonds is 51. The number of phosphoric ester groups is 1. The van der Waals surface area contributed by atoms with Gasteiger partial charge in [0.25, 0.3) is 0 Å². The summed E-state index contributed by atoms with van der Waals surface area (Å²) in [6.45, 7) is 3.60. The van der Waals surface area contributed by atoms with Crippen LogP contribution in [-0.2, 0) is 32.7 Å². The average molecular weight is 936 g/mol. The molecular formula is C55H102NO8P. The highest BCUT2D eigenvalue weighted by molar-refractivity contribution is 7.47. The summed E-state index contributed by atoms with van der Waals surface area (Å²) in [7, 11) is -4.39. The first kappa shape index (κ1) is 63.0. The summed E-state index contributed by atoms with van der Waals surface area (Å²) >= 11 is 0. The number of nitrogens with two attached hydrogens (primary N) is 1. The van der Waals surface area contributed by atoms with Gasteiger partial charge in [0, 0.05) is 19.4 Å². The van der Waals surface area contributed by atoms with Gasteiger partial charge in [-0.3, -0.25) is 18.6 Å². The molecule has 2 unspecified atom stereocenters. The monoisotopic (exact) mass is 936 g/mol. The normalized spacial score (nSPS) is 13.5. The van der Waals surface area contributed by atoms with Crippen LogP contribution in [0.25, 0.3) is 0 Å². The fourth-order valence-corrected chi connectivity index (χ4v) is 8.51. The Labute approximate surface area is 400 Å². The van der Waals surface area contributed by atoms with Crippen molar-refractivity contribution in [2.45, 2.75) is 264 Å². The molecule has 0 aliphatic rings. The van der Waals surface area contributed by atoms with Gasteiger partial charge in [-0.05, 0) is 51.4 Å². The zero-order valence-electron chi connectivity index (χ0n) is 42.2. The van der Waals surface area contributed by atoms with Crippen molar-refractivity contribution in [1.82, 2.24) is 0 Å². The van der Waals surface area contributed by atoms with Crippen LogP contribution in [0.3, 0.4) is 0 Å². The molecular weight excluding hydrogens is 834 g/mol. The molecule has 0 aromatic carbocycles. The Balaban J connectivity index is 3.91. The summed E-state index contributed by atoms with van der Waals surface area (Å²) in [5.74, 6) is -0.869. The fourth-order valence-electron chi connectivity index (χ4n) is 7.75. The molecule has 0 saturated carbocycles. The highest BCUT2D eigenvalue weighted by Crippen LogP contribution is 2.43. The number of carbonyl (C=O) groups is 2. The van der Waals surface area contributed by atoms with Crippen molar-refractivity contribution in [3.05, 3.63) is 48.6 Å². The molecule has 3 N–H and O–H groups in total. The molecule has 380 valence electrons. The van der Waals surface area contributed by atoms with Crippen LogP contribution in [0.5, 0.6) is 0 Å². The highest BCUT2D eigenvalue weighted by Gasteiger charge is 2.26. The van der Waals surface area contributed by atoms with E-state index in [0.29, 0.717) is 6.42 Å². The first-order chi connectivity index (χ1) is 31.8. The Kier molecular flexibility index (Phi) is 49.8. The van der Waals surface area contributed by atoms with E-state index in [0.717, 1.165) is 57.8 Å². The van der Waals surface area contributed by atoms with Crippen LogP contribution in [0.1, 0.15) is 258 Å². The molecule has 2 atom stereocenters. The van der Waals surface area contributed by atoms with E-state index in [1.165, 1.54) is 167 Å². The van der Waals surface area contributed by atoms with Crippen LogP contribution in [0.4, 0.5) is 0 Å². The van der Waals surface area contributed by atoms with Gasteiger partial charge < -0.3 is 20.1 Å². The second kappa shape index (κ2) is 51.4. The van der Waals surface area contributed by atoms with Gasteiger partial charge in [-0.1, -0.05) is 242 Å². The van der Waals surface area contributed by atoms with E-state index >= 15 is 0 Å². The van der Waals surface area contributed by atoms with Crippen molar-refractivity contribution in [2.75, 3.05) is 26.4 Å². The van der Waals surface area contributed by atoms with E-state index in [-0.39, 0.29) is 38.6 Å². The van der Waals surface area contributed by atoms with Gasteiger partial charge >= 0.3 is 19.8 Å². The molecule has 0 rings (SSSR count). The summed E-state index contributed by atoms with van der Waals surface area (Å²) in [5, 5.41) is 0. The Morgan fingerprint density at radius 3 is 1.26 bits per heavy atom. The number of ether oxygens (including phenoxy) is 2. The van der Waals surface area contributed by atoms with Gasteiger partial charge in [0.2, 0.25) is 0 Å². The number of phosphoric acid groups is 1. The Morgan fingerprint density at radius 1 is 0.477 bits per heavy atom. The fraction of sp³-hybridized carbons (Fsp3) is 0.818. The maximum absolute atomic E-state index is 12.6. The topological polar surface area (TPSA) is 134 Å². The van der Waals surface area contributed by atoms with Gasteiger partial charge in [-0.15, -0.1) is 0 Å². The van der Waals surface area contributed by atoms with Crippen LogP contribution in [0.2, 0.25) is 0 Å². The number of unbranched alkanes of at least 4 members (excludes halogenated alkanes) is 30. The summed E-state index contributed by atoms with van der Waals surface area (Å²) < 4.78 is 32.9. The van der Waals surface area contributed by atoms with Crippen molar-refractivity contribution < 1.29 is 37.6 Å². The number of allylic oxidation sites excluding steroid dienone is 8. The van der Waals surface area contributed by atoms with Gasteiger partial charge in [0.1, 0.15) is 6.61 Å². The second-order valence-electron chi connectivity index (χ2n) is 18.1. The lowest BCUT2D eigenvalue weighted by molar-refractivity contribution is -0.161. The van der Waals surface area contributed by atoms with E-state index in [1.807, 2.05) is 0 Å². The standard InChI is InChI=1S/C55H102NO8P/c1-3-5-7-9-11-13-15-17-19-20-21-22-23-24-25-26-27-28-29-30-31-32-34-35-37-39-41-43-45-47-54(57)61-51-53(52-63-65(59,60)62-50-49-56)64-55(58)48-46-44-42-40-38-36-33-18-16-14-12-10-8-6-4-2/h6,8,12,14,18,33,38,40,53H,3-5,7,9-11,13,15-17,19-32,34-37,39,41-52,56H2,1-2H3,(H,59,60)/b8-6-,14-12-,33-18-,40-38-. The van der Waals surface area contributed by atoms with E-state index in [2.05, 4.69) is 62.5 Å². The average Bonchev–Trinajstić information content (AvgIpc) is 3.30. The molecule has 0 aliphatic carbocycles. The third-order valence-electron chi connectivity index (χ3n) is 11.7. The van der Waals surface area contributed by atoms with E-state index < -0.39 is 26.5 Å². The largest absolute Gasteiger partial charge is 0.472 e. The van der Waals surface area contributed by atoms with Crippen LogP contribution >= 0.6 is 7.82 Å². The molecule has 0 bridgehead atoms. The predicted octanol–water partition coefficient (Wildman–Crippen LogP) is 16.6. The minimum Gasteiger partial charge on any atom is -0.462 e. The zero-order chi connectivity index (χ0) is 47.4. The Bertz CT molecular complexity index is 1200. The number of carbonyl (C=O) groups excluding carboxylic acids is 2. The molecule has 0 amide bonds. The first-order valence-electron chi connectivity index (χ1n) is 27.1. The summed E-state index contributed by atoms with van der Waals surface area (Å²) in [5.41, 5.74) is 5.36. The molecule has 9 nitrogen and oxygen atoms in total. The first-order valence-corrected chi connectivity index (χ1v) is 28.6. The molecule has 0 saturated heterocycles. The quantitative estimate of drug-likeness (QED) is 0.0265. The minimum atomic E-state index is -4.39. The zero-order valence-corrected chi connectivity index (χ0v) is 43.1. The number of hydrogen-bond acceptors (Lipinski definition) is 8. The highest BCUT2D eigenvalue weighted by atomic mass is 31.2. The summed E-state index contributed by atoms with van der Waals surface area (Å²) in [6, 6.07) is 0. The molecule has 65 heavy (non-hydrogen) atoms. The summed E-state index contributed by atoms with van der Waals surface area (Å²) in [6.07, 6.45) is 61.9. The van der Waals surface area contributed by atoms with Crippen molar-refractivity contribution in [3.63, 3.8) is 0 Å². The summed E-state index contributed by atoms with van der Waals surface area (Å²) in [4.78, 5) is 35.0. The molecule has 0 heterocycles. The van der Waals surface area contributed by atoms with Gasteiger partial charge in [0.05, 0.1) is 13.2 Å². The molecule has 10 heteroatoms. The lowest BCUT2D eigenvalue weighted by Gasteiger charge is -2.19. The van der Waals surface area contributed by atoms with Crippen molar-refractivity contribution in [2.24, 2.45) is 5.73 Å². The molecule has 0 aromatic heterocycles. The molecule has 0 radical (unpaired) electrons. The van der Waals surface area contributed by atoms with Crippen LogP contribution in [0, 0.1) is 0 Å².